The lowest BCUT2D eigenvalue weighted by molar-refractivity contribution is 0.219. The fraction of sp³-hybridized carbons (Fsp3) is 0.667. The van der Waals surface area contributed by atoms with Gasteiger partial charge in [-0.25, -0.2) is 4.68 Å². The molecule has 100 valence electrons. The minimum atomic E-state index is -0.115. The van der Waals surface area contributed by atoms with E-state index < -0.39 is 0 Å². The van der Waals surface area contributed by atoms with Crippen molar-refractivity contribution in [1.29, 1.82) is 0 Å². The van der Waals surface area contributed by atoms with Crippen LogP contribution >= 0.6 is 15.9 Å². The maximum Gasteiger partial charge on any atom is 0.283 e. The van der Waals surface area contributed by atoms with Gasteiger partial charge in [0.05, 0.1) is 18.5 Å². The smallest absolute Gasteiger partial charge is 0.283 e. The molecular formula is C12H18BrN3O2. The number of halogens is 1. The Morgan fingerprint density at radius 3 is 2.89 bits per heavy atom. The second kappa shape index (κ2) is 5.40. The van der Waals surface area contributed by atoms with Crippen LogP contribution in [0.2, 0.25) is 0 Å². The van der Waals surface area contributed by atoms with E-state index in [1.807, 2.05) is 6.92 Å². The molecule has 2 N–H and O–H groups in total. The molecule has 0 saturated heterocycles. The number of aliphatic hydroxyl groups is 1. The minimum Gasteiger partial charge on any atom is -0.396 e. The third-order valence-electron chi connectivity index (χ3n) is 3.37. The van der Waals surface area contributed by atoms with Gasteiger partial charge in [-0.2, -0.15) is 5.10 Å². The number of nitrogens with one attached hydrogen (secondary N) is 1. The zero-order valence-electron chi connectivity index (χ0n) is 10.4. The Hall–Kier alpha value is -0.880. The molecule has 0 unspecified atom stereocenters. The monoisotopic (exact) mass is 315 g/mol. The van der Waals surface area contributed by atoms with Gasteiger partial charge in [-0.15, -0.1) is 0 Å². The van der Waals surface area contributed by atoms with Crippen molar-refractivity contribution in [2.45, 2.75) is 32.7 Å². The lowest BCUT2D eigenvalue weighted by Gasteiger charge is -2.15. The molecule has 1 fully saturated rings. The summed E-state index contributed by atoms with van der Waals surface area (Å²) in [5, 5.41) is 16.6. The third-order valence-corrected chi connectivity index (χ3v) is 4.13. The van der Waals surface area contributed by atoms with E-state index in [1.54, 1.807) is 6.20 Å². The van der Waals surface area contributed by atoms with Gasteiger partial charge >= 0.3 is 0 Å². The van der Waals surface area contributed by atoms with Crippen LogP contribution in [0, 0.1) is 5.41 Å². The number of aromatic nitrogens is 2. The number of hydrogen-bond acceptors (Lipinski definition) is 4. The van der Waals surface area contributed by atoms with Crippen molar-refractivity contribution in [3.8, 4) is 0 Å². The number of hydrogen-bond donors (Lipinski definition) is 2. The third kappa shape index (κ3) is 2.75. The highest BCUT2D eigenvalue weighted by Gasteiger charge is 2.41. The zero-order valence-corrected chi connectivity index (χ0v) is 12.0. The van der Waals surface area contributed by atoms with Gasteiger partial charge in [-0.3, -0.25) is 4.79 Å². The highest BCUT2D eigenvalue weighted by atomic mass is 79.9. The largest absolute Gasteiger partial charge is 0.396 e. The first-order valence-corrected chi connectivity index (χ1v) is 7.01. The van der Waals surface area contributed by atoms with Crippen molar-refractivity contribution in [3.63, 3.8) is 0 Å². The van der Waals surface area contributed by atoms with Crippen molar-refractivity contribution in [1.82, 2.24) is 9.78 Å². The minimum absolute atomic E-state index is 0.0116. The first-order chi connectivity index (χ1) is 8.62. The fourth-order valence-corrected chi connectivity index (χ4v) is 2.26. The number of anilines is 1. The second-order valence-corrected chi connectivity index (χ2v) is 5.71. The summed E-state index contributed by atoms with van der Waals surface area (Å²) in [5.41, 5.74) is 0.598. The van der Waals surface area contributed by atoms with Crippen molar-refractivity contribution in [2.75, 3.05) is 18.5 Å². The maximum atomic E-state index is 12.0. The first kappa shape index (κ1) is 13.5. The molecular weight excluding hydrogens is 298 g/mol. The molecule has 2 rings (SSSR count). The van der Waals surface area contributed by atoms with Crippen LogP contribution in [0.5, 0.6) is 0 Å². The number of aliphatic hydroxyl groups excluding tert-OH is 1. The van der Waals surface area contributed by atoms with Gasteiger partial charge in [0.25, 0.3) is 5.56 Å². The van der Waals surface area contributed by atoms with E-state index in [0.29, 0.717) is 23.2 Å². The molecule has 0 atom stereocenters. The molecule has 6 heteroatoms. The Morgan fingerprint density at radius 2 is 2.33 bits per heavy atom. The average molecular weight is 316 g/mol. The Labute approximate surface area is 114 Å². The van der Waals surface area contributed by atoms with Gasteiger partial charge in [0.2, 0.25) is 0 Å². The van der Waals surface area contributed by atoms with E-state index >= 15 is 0 Å². The van der Waals surface area contributed by atoms with Crippen LogP contribution in [0.25, 0.3) is 0 Å². The molecule has 5 nitrogen and oxygen atoms in total. The van der Waals surface area contributed by atoms with Gasteiger partial charge < -0.3 is 10.4 Å². The van der Waals surface area contributed by atoms with Crippen LogP contribution in [0.1, 0.15) is 26.2 Å². The fourth-order valence-electron chi connectivity index (χ4n) is 1.81. The molecule has 0 bridgehead atoms. The molecule has 0 spiro atoms. The zero-order chi connectivity index (χ0) is 13.2. The average Bonchev–Trinajstić information content (AvgIpc) is 3.15. The van der Waals surface area contributed by atoms with E-state index in [1.165, 1.54) is 4.68 Å². The van der Waals surface area contributed by atoms with E-state index in [4.69, 9.17) is 0 Å². The summed E-state index contributed by atoms with van der Waals surface area (Å²) in [7, 11) is 0. The predicted molar refractivity (Wildman–Crippen MR) is 73.7 cm³/mol. The first-order valence-electron chi connectivity index (χ1n) is 6.22. The van der Waals surface area contributed by atoms with Crippen LogP contribution in [0.4, 0.5) is 5.69 Å². The van der Waals surface area contributed by atoms with E-state index in [0.717, 1.165) is 19.3 Å². The topological polar surface area (TPSA) is 67.2 Å². The summed E-state index contributed by atoms with van der Waals surface area (Å²) >= 11 is 3.31. The summed E-state index contributed by atoms with van der Waals surface area (Å²) in [6.07, 6.45) is 4.61. The number of nitrogens with zero attached hydrogens (tertiary/aromatic N) is 2. The van der Waals surface area contributed by atoms with Gasteiger partial charge in [0.1, 0.15) is 4.47 Å². The van der Waals surface area contributed by atoms with E-state index in [2.05, 4.69) is 26.3 Å². The highest BCUT2D eigenvalue weighted by molar-refractivity contribution is 9.10. The molecule has 18 heavy (non-hydrogen) atoms. The standard InChI is InChI=1S/C12H18BrN3O2/c1-2-5-16-11(18)10(13)9(6-15-16)14-7-12(8-17)3-4-12/h6,14,17H,2-5,7-8H2,1H3. The summed E-state index contributed by atoms with van der Waals surface area (Å²) < 4.78 is 1.97. The van der Waals surface area contributed by atoms with Crippen LogP contribution in [-0.2, 0) is 6.54 Å². The van der Waals surface area contributed by atoms with Crippen LogP contribution in [0.3, 0.4) is 0 Å². The summed E-state index contributed by atoms with van der Waals surface area (Å²) in [4.78, 5) is 12.0. The molecule has 1 saturated carbocycles. The van der Waals surface area contributed by atoms with Crippen LogP contribution < -0.4 is 10.9 Å². The molecule has 0 aliphatic heterocycles. The quantitative estimate of drug-likeness (QED) is 0.836. The van der Waals surface area contributed by atoms with Gasteiger partial charge in [0.15, 0.2) is 0 Å². The number of rotatable bonds is 6. The van der Waals surface area contributed by atoms with E-state index in [-0.39, 0.29) is 17.6 Å². The lowest BCUT2D eigenvalue weighted by atomic mass is 10.1. The molecule has 0 amide bonds. The summed E-state index contributed by atoms with van der Waals surface area (Å²) in [5.74, 6) is 0. The van der Waals surface area contributed by atoms with Crippen molar-refractivity contribution in [2.24, 2.45) is 5.41 Å². The van der Waals surface area contributed by atoms with Gasteiger partial charge in [0, 0.05) is 18.5 Å². The Bertz CT molecular complexity index is 483. The van der Waals surface area contributed by atoms with Crippen LogP contribution in [-0.4, -0.2) is 28.0 Å². The van der Waals surface area contributed by atoms with Crippen molar-refractivity contribution in [3.05, 3.63) is 21.0 Å². The molecule has 0 radical (unpaired) electrons. The highest BCUT2D eigenvalue weighted by Crippen LogP contribution is 2.45. The normalized spacial score (nSPS) is 16.6. The Kier molecular flexibility index (Phi) is 4.07. The van der Waals surface area contributed by atoms with Gasteiger partial charge in [-0.1, -0.05) is 6.92 Å². The van der Waals surface area contributed by atoms with Crippen molar-refractivity contribution >= 4 is 21.6 Å². The molecule has 1 aromatic rings. The Balaban J connectivity index is 2.10. The van der Waals surface area contributed by atoms with Crippen molar-refractivity contribution < 1.29 is 5.11 Å². The molecule has 0 aromatic carbocycles. The molecule has 1 aromatic heterocycles. The molecule has 1 aliphatic carbocycles. The van der Waals surface area contributed by atoms with Crippen LogP contribution in [0.15, 0.2) is 15.5 Å². The molecule has 1 aliphatic rings. The second-order valence-electron chi connectivity index (χ2n) is 4.91. The SMILES string of the molecule is CCCn1ncc(NCC2(CO)CC2)c(Br)c1=O. The van der Waals surface area contributed by atoms with E-state index in [9.17, 15) is 9.90 Å². The predicted octanol–water partition coefficient (Wildman–Crippen LogP) is 1.60. The lowest BCUT2D eigenvalue weighted by Crippen LogP contribution is -2.26. The number of aryl methyl sites for hydroxylation is 1. The Morgan fingerprint density at radius 1 is 1.61 bits per heavy atom. The summed E-state index contributed by atoms with van der Waals surface area (Å²) in [6.45, 7) is 3.50. The maximum absolute atomic E-state index is 12.0. The summed E-state index contributed by atoms with van der Waals surface area (Å²) in [6, 6.07) is 0. The molecule has 1 heterocycles. The van der Waals surface area contributed by atoms with Gasteiger partial charge in [-0.05, 0) is 35.2 Å².